The molecule has 0 aromatic heterocycles. The predicted octanol–water partition coefficient (Wildman–Crippen LogP) is 4.29. The van der Waals surface area contributed by atoms with E-state index in [-0.39, 0.29) is 0 Å². The summed E-state index contributed by atoms with van der Waals surface area (Å²) in [5.41, 5.74) is 0. The Labute approximate surface area is 119 Å². The molecule has 1 aromatic rings. The topological polar surface area (TPSA) is 9.23 Å². The molecule has 0 heterocycles. The zero-order valence-corrected chi connectivity index (χ0v) is 13.6. The van der Waals surface area contributed by atoms with E-state index in [0.29, 0.717) is 0 Å². The van der Waals surface area contributed by atoms with Crippen molar-refractivity contribution in [2.75, 3.05) is 6.61 Å². The van der Waals surface area contributed by atoms with Gasteiger partial charge in [0.25, 0.3) is 0 Å². The highest BCUT2D eigenvalue weighted by molar-refractivity contribution is 14.1. The fourth-order valence-electron chi connectivity index (χ4n) is 0.871. The molecule has 4 heteroatoms. The van der Waals surface area contributed by atoms with Crippen LogP contribution in [-0.2, 0) is 0 Å². The van der Waals surface area contributed by atoms with E-state index in [4.69, 9.17) is 4.74 Å². The summed E-state index contributed by atoms with van der Waals surface area (Å²) in [5.74, 6) is 1.03. The molecule has 0 aliphatic rings. The monoisotopic (exact) mass is 514 g/mol. The molecule has 0 N–H and O–H groups in total. The normalized spacial score (nSPS) is 10.2. The van der Waals surface area contributed by atoms with Gasteiger partial charge in [0.1, 0.15) is 5.75 Å². The lowest BCUT2D eigenvalue weighted by atomic mass is 10.3. The molecular weight excluding hydrogens is 505 g/mol. The van der Waals surface area contributed by atoms with Crippen molar-refractivity contribution in [3.05, 3.63) is 22.8 Å². The van der Waals surface area contributed by atoms with Gasteiger partial charge in [0.05, 0.1) is 13.7 Å². The van der Waals surface area contributed by atoms with Crippen LogP contribution in [0.3, 0.4) is 0 Å². The lowest BCUT2D eigenvalue weighted by Gasteiger charge is -2.09. The van der Waals surface area contributed by atoms with Crippen LogP contribution in [0.4, 0.5) is 0 Å². The lowest BCUT2D eigenvalue weighted by Crippen LogP contribution is -1.99. The fourth-order valence-corrected chi connectivity index (χ4v) is 4.77. The van der Waals surface area contributed by atoms with E-state index in [0.717, 1.165) is 18.8 Å². The van der Waals surface area contributed by atoms with Gasteiger partial charge >= 0.3 is 0 Å². The highest BCUT2D eigenvalue weighted by Gasteiger charge is 2.06. The summed E-state index contributed by atoms with van der Waals surface area (Å²) in [4.78, 5) is 0. The van der Waals surface area contributed by atoms with Crippen LogP contribution >= 0.6 is 67.8 Å². The Kier molecular flexibility index (Phi) is 5.61. The van der Waals surface area contributed by atoms with Crippen LogP contribution in [0.2, 0.25) is 0 Å². The van der Waals surface area contributed by atoms with Crippen LogP contribution in [0.25, 0.3) is 0 Å². The summed E-state index contributed by atoms with van der Waals surface area (Å²) in [6.07, 6.45) is 1.05. The van der Waals surface area contributed by atoms with E-state index in [2.05, 4.69) is 86.8 Å². The van der Waals surface area contributed by atoms with Crippen LogP contribution in [-0.4, -0.2) is 6.61 Å². The van der Waals surface area contributed by atoms with Crippen molar-refractivity contribution >= 4 is 67.8 Å². The second-order valence-electron chi connectivity index (χ2n) is 2.55. The Bertz CT molecular complexity index is 276. The van der Waals surface area contributed by atoms with Crippen LogP contribution in [0.1, 0.15) is 13.3 Å². The second kappa shape index (κ2) is 5.94. The van der Waals surface area contributed by atoms with Gasteiger partial charge in [-0.15, -0.1) is 0 Å². The van der Waals surface area contributed by atoms with Crippen molar-refractivity contribution < 1.29 is 4.74 Å². The number of hydrogen-bond acceptors (Lipinski definition) is 1. The van der Waals surface area contributed by atoms with E-state index in [1.54, 1.807) is 0 Å². The molecule has 0 aliphatic heterocycles. The van der Waals surface area contributed by atoms with E-state index < -0.39 is 0 Å². The second-order valence-corrected chi connectivity index (χ2v) is 6.12. The van der Waals surface area contributed by atoms with Crippen molar-refractivity contribution in [1.29, 1.82) is 0 Å². The standard InChI is InChI=1S/C9H9I3O/c1-2-3-13-9-7(11)4-6(10)5-8(9)12/h4-5H,2-3H2,1H3. The van der Waals surface area contributed by atoms with Crippen molar-refractivity contribution in [2.24, 2.45) is 0 Å². The quantitative estimate of drug-likeness (QED) is 0.548. The molecule has 0 bridgehead atoms. The molecular formula is C9H9I3O. The lowest BCUT2D eigenvalue weighted by molar-refractivity contribution is 0.313. The maximum atomic E-state index is 5.65. The number of halogens is 3. The van der Waals surface area contributed by atoms with E-state index in [9.17, 15) is 0 Å². The molecule has 0 unspecified atom stereocenters. The van der Waals surface area contributed by atoms with Gasteiger partial charge in [0.15, 0.2) is 0 Å². The first-order valence-corrected chi connectivity index (χ1v) is 7.16. The summed E-state index contributed by atoms with van der Waals surface area (Å²) in [6.45, 7) is 2.92. The molecule has 72 valence electrons. The molecule has 1 aromatic carbocycles. The van der Waals surface area contributed by atoms with Gasteiger partial charge in [-0.1, -0.05) is 6.92 Å². The molecule has 0 saturated carbocycles. The number of hydrogen-bond donors (Lipinski definition) is 0. The highest BCUT2D eigenvalue weighted by atomic mass is 127. The summed E-state index contributed by atoms with van der Waals surface area (Å²) >= 11 is 6.95. The Hall–Kier alpha value is 1.21. The van der Waals surface area contributed by atoms with Crippen molar-refractivity contribution in [3.63, 3.8) is 0 Å². The summed E-state index contributed by atoms with van der Waals surface area (Å²) in [6, 6.07) is 4.27. The molecule has 0 fully saturated rings. The van der Waals surface area contributed by atoms with E-state index in [1.165, 1.54) is 10.7 Å². The van der Waals surface area contributed by atoms with Crippen LogP contribution in [0, 0.1) is 10.7 Å². The summed E-state index contributed by atoms with van der Waals surface area (Å²) in [5, 5.41) is 0. The van der Waals surface area contributed by atoms with Gasteiger partial charge < -0.3 is 4.74 Å². The molecule has 1 nitrogen and oxygen atoms in total. The first kappa shape index (κ1) is 12.3. The van der Waals surface area contributed by atoms with Gasteiger partial charge in [0, 0.05) is 3.57 Å². The Balaban J connectivity index is 2.92. The average Bonchev–Trinajstić information content (AvgIpc) is 2.02. The molecule has 0 atom stereocenters. The van der Waals surface area contributed by atoms with Crippen molar-refractivity contribution in [3.8, 4) is 5.75 Å². The van der Waals surface area contributed by atoms with Gasteiger partial charge in [-0.05, 0) is 86.3 Å². The molecule has 0 radical (unpaired) electrons. The molecule has 1 rings (SSSR count). The smallest absolute Gasteiger partial charge is 0.145 e. The van der Waals surface area contributed by atoms with Crippen molar-refractivity contribution in [1.82, 2.24) is 0 Å². The zero-order chi connectivity index (χ0) is 9.84. The highest BCUT2D eigenvalue weighted by Crippen LogP contribution is 2.29. The first-order chi connectivity index (χ1) is 6.15. The third kappa shape index (κ3) is 3.69. The summed E-state index contributed by atoms with van der Waals surface area (Å²) in [7, 11) is 0. The Morgan fingerprint density at radius 2 is 1.69 bits per heavy atom. The average molecular weight is 514 g/mol. The van der Waals surface area contributed by atoms with E-state index in [1.807, 2.05) is 0 Å². The number of benzene rings is 1. The maximum absolute atomic E-state index is 5.65. The Morgan fingerprint density at radius 1 is 1.15 bits per heavy atom. The van der Waals surface area contributed by atoms with E-state index >= 15 is 0 Å². The minimum Gasteiger partial charge on any atom is -0.491 e. The Morgan fingerprint density at radius 3 is 2.15 bits per heavy atom. The maximum Gasteiger partial charge on any atom is 0.145 e. The van der Waals surface area contributed by atoms with Gasteiger partial charge in [-0.3, -0.25) is 0 Å². The molecule has 0 spiro atoms. The van der Waals surface area contributed by atoms with Gasteiger partial charge in [-0.2, -0.15) is 0 Å². The van der Waals surface area contributed by atoms with Gasteiger partial charge in [-0.25, -0.2) is 0 Å². The molecule has 0 amide bonds. The van der Waals surface area contributed by atoms with Crippen LogP contribution < -0.4 is 4.74 Å². The largest absolute Gasteiger partial charge is 0.491 e. The third-order valence-electron chi connectivity index (χ3n) is 1.41. The first-order valence-electron chi connectivity index (χ1n) is 3.92. The number of rotatable bonds is 3. The van der Waals surface area contributed by atoms with Crippen molar-refractivity contribution in [2.45, 2.75) is 13.3 Å². The molecule has 13 heavy (non-hydrogen) atoms. The summed E-state index contributed by atoms with van der Waals surface area (Å²) < 4.78 is 9.31. The van der Waals surface area contributed by atoms with Crippen LogP contribution in [0.5, 0.6) is 5.75 Å². The minimum atomic E-state index is 0.798. The van der Waals surface area contributed by atoms with Crippen LogP contribution in [0.15, 0.2) is 12.1 Å². The SMILES string of the molecule is CCCOc1c(I)cc(I)cc1I. The molecule has 0 aliphatic carbocycles. The fraction of sp³-hybridized carbons (Fsp3) is 0.333. The zero-order valence-electron chi connectivity index (χ0n) is 7.11. The number of ether oxygens (including phenoxy) is 1. The minimum absolute atomic E-state index is 0.798. The predicted molar refractivity (Wildman–Crippen MR) is 80.4 cm³/mol. The third-order valence-corrected chi connectivity index (χ3v) is 3.64. The molecule has 0 saturated heterocycles. The van der Waals surface area contributed by atoms with Gasteiger partial charge in [0.2, 0.25) is 0 Å².